The van der Waals surface area contributed by atoms with Gasteiger partial charge in [-0.3, -0.25) is 9.97 Å². The van der Waals surface area contributed by atoms with Gasteiger partial charge in [-0.2, -0.15) is 9.61 Å². The SMILES string of the molecule is Cc1cc(NC(C)Cc2cnccn2)n2nc(C)cc2n1. The molecule has 0 amide bonds. The van der Waals surface area contributed by atoms with Crippen LogP contribution < -0.4 is 5.32 Å². The minimum Gasteiger partial charge on any atom is -0.367 e. The van der Waals surface area contributed by atoms with Crippen LogP contribution in [-0.4, -0.2) is 30.6 Å². The van der Waals surface area contributed by atoms with Crippen LogP contribution in [0.2, 0.25) is 0 Å². The molecule has 6 heteroatoms. The Balaban J connectivity index is 1.84. The lowest BCUT2D eigenvalue weighted by atomic mass is 10.2. The number of anilines is 1. The third kappa shape index (κ3) is 2.99. The first-order valence-corrected chi connectivity index (χ1v) is 6.97. The maximum atomic E-state index is 4.49. The number of fused-ring (bicyclic) bond motifs is 1. The molecule has 0 aliphatic carbocycles. The van der Waals surface area contributed by atoms with Crippen molar-refractivity contribution in [1.82, 2.24) is 24.6 Å². The highest BCUT2D eigenvalue weighted by atomic mass is 15.3. The zero-order valence-corrected chi connectivity index (χ0v) is 12.4. The molecule has 0 saturated carbocycles. The molecule has 0 radical (unpaired) electrons. The molecule has 0 spiro atoms. The predicted octanol–water partition coefficient (Wildman–Crippen LogP) is 2.18. The van der Waals surface area contributed by atoms with E-state index in [0.717, 1.165) is 35.0 Å². The van der Waals surface area contributed by atoms with Gasteiger partial charge in [0.1, 0.15) is 5.82 Å². The van der Waals surface area contributed by atoms with Crippen molar-refractivity contribution in [2.45, 2.75) is 33.2 Å². The van der Waals surface area contributed by atoms with Crippen molar-refractivity contribution in [2.75, 3.05) is 5.32 Å². The predicted molar refractivity (Wildman–Crippen MR) is 81.3 cm³/mol. The van der Waals surface area contributed by atoms with Crippen molar-refractivity contribution in [1.29, 1.82) is 0 Å². The van der Waals surface area contributed by atoms with E-state index in [-0.39, 0.29) is 6.04 Å². The summed E-state index contributed by atoms with van der Waals surface area (Å²) in [5, 5.41) is 7.96. The molecule has 1 unspecified atom stereocenters. The Kier molecular flexibility index (Phi) is 3.51. The fourth-order valence-corrected chi connectivity index (χ4v) is 2.37. The highest BCUT2D eigenvalue weighted by Crippen LogP contribution is 2.15. The summed E-state index contributed by atoms with van der Waals surface area (Å²) in [7, 11) is 0. The van der Waals surface area contributed by atoms with Crippen LogP contribution in [0.3, 0.4) is 0 Å². The van der Waals surface area contributed by atoms with E-state index in [1.165, 1.54) is 0 Å². The fourth-order valence-electron chi connectivity index (χ4n) is 2.37. The molecular weight excluding hydrogens is 264 g/mol. The molecule has 0 saturated heterocycles. The molecule has 108 valence electrons. The molecule has 0 aliphatic heterocycles. The van der Waals surface area contributed by atoms with Crippen molar-refractivity contribution >= 4 is 11.5 Å². The van der Waals surface area contributed by atoms with E-state index in [1.807, 2.05) is 30.5 Å². The Hall–Kier alpha value is -2.50. The van der Waals surface area contributed by atoms with Crippen LogP contribution in [-0.2, 0) is 6.42 Å². The Morgan fingerprint density at radius 2 is 2.05 bits per heavy atom. The van der Waals surface area contributed by atoms with E-state index in [0.29, 0.717) is 0 Å². The lowest BCUT2D eigenvalue weighted by Crippen LogP contribution is -2.21. The lowest BCUT2D eigenvalue weighted by Gasteiger charge is -2.16. The van der Waals surface area contributed by atoms with Gasteiger partial charge in [0.2, 0.25) is 0 Å². The lowest BCUT2D eigenvalue weighted by molar-refractivity contribution is 0.749. The van der Waals surface area contributed by atoms with E-state index in [4.69, 9.17) is 0 Å². The zero-order chi connectivity index (χ0) is 14.8. The molecule has 3 aromatic heterocycles. The van der Waals surface area contributed by atoms with Gasteiger partial charge in [0.25, 0.3) is 0 Å². The molecule has 1 atom stereocenters. The van der Waals surface area contributed by atoms with Crippen molar-refractivity contribution in [2.24, 2.45) is 0 Å². The Bertz CT molecular complexity index is 749. The van der Waals surface area contributed by atoms with Gasteiger partial charge < -0.3 is 5.32 Å². The maximum Gasteiger partial charge on any atom is 0.157 e. The summed E-state index contributed by atoms with van der Waals surface area (Å²) in [6.07, 6.45) is 6.00. The van der Waals surface area contributed by atoms with Gasteiger partial charge in [0.15, 0.2) is 5.65 Å². The molecule has 0 fully saturated rings. The van der Waals surface area contributed by atoms with Crippen LogP contribution in [0.15, 0.2) is 30.7 Å². The molecule has 0 aliphatic rings. The molecule has 3 rings (SSSR count). The molecule has 3 heterocycles. The van der Waals surface area contributed by atoms with Crippen molar-refractivity contribution in [3.8, 4) is 0 Å². The first-order valence-electron chi connectivity index (χ1n) is 6.97. The minimum absolute atomic E-state index is 0.219. The number of nitrogens with one attached hydrogen (secondary N) is 1. The normalized spacial score (nSPS) is 12.5. The smallest absolute Gasteiger partial charge is 0.157 e. The summed E-state index contributed by atoms with van der Waals surface area (Å²) in [4.78, 5) is 12.9. The summed E-state index contributed by atoms with van der Waals surface area (Å²) in [6, 6.07) is 4.20. The number of aromatic nitrogens is 5. The number of rotatable bonds is 4. The molecule has 3 aromatic rings. The number of hydrogen-bond acceptors (Lipinski definition) is 5. The monoisotopic (exact) mass is 282 g/mol. The van der Waals surface area contributed by atoms with Crippen molar-refractivity contribution in [3.05, 3.63) is 47.8 Å². The van der Waals surface area contributed by atoms with Gasteiger partial charge in [-0.15, -0.1) is 0 Å². The standard InChI is InChI=1S/C15H18N6/c1-10(6-13-9-16-4-5-17-13)18-14-7-11(2)19-15-8-12(3)20-21(14)15/h4-5,7-10,18H,6H2,1-3H3. The minimum atomic E-state index is 0.219. The second kappa shape index (κ2) is 5.47. The highest BCUT2D eigenvalue weighted by molar-refractivity contribution is 5.50. The topological polar surface area (TPSA) is 68.0 Å². The van der Waals surface area contributed by atoms with Gasteiger partial charge in [-0.25, -0.2) is 4.98 Å². The summed E-state index contributed by atoms with van der Waals surface area (Å²) in [5.41, 5.74) is 3.76. The molecule has 6 nitrogen and oxygen atoms in total. The summed E-state index contributed by atoms with van der Waals surface area (Å²) in [6.45, 7) is 6.07. The van der Waals surface area contributed by atoms with Crippen LogP contribution in [0.5, 0.6) is 0 Å². The second-order valence-corrected chi connectivity index (χ2v) is 5.28. The van der Waals surface area contributed by atoms with E-state index < -0.39 is 0 Å². The average molecular weight is 282 g/mol. The molecule has 0 bridgehead atoms. The van der Waals surface area contributed by atoms with E-state index >= 15 is 0 Å². The maximum absolute atomic E-state index is 4.49. The average Bonchev–Trinajstić information content (AvgIpc) is 2.80. The summed E-state index contributed by atoms with van der Waals surface area (Å²) >= 11 is 0. The third-order valence-electron chi connectivity index (χ3n) is 3.20. The van der Waals surface area contributed by atoms with Crippen molar-refractivity contribution in [3.63, 3.8) is 0 Å². The van der Waals surface area contributed by atoms with Crippen LogP contribution in [0.25, 0.3) is 5.65 Å². The number of nitrogens with zero attached hydrogens (tertiary/aromatic N) is 5. The van der Waals surface area contributed by atoms with E-state index in [2.05, 4.69) is 32.3 Å². The van der Waals surface area contributed by atoms with Gasteiger partial charge in [0.05, 0.1) is 11.4 Å². The van der Waals surface area contributed by atoms with Gasteiger partial charge in [-0.05, 0) is 20.8 Å². The quantitative estimate of drug-likeness (QED) is 0.794. The highest BCUT2D eigenvalue weighted by Gasteiger charge is 2.10. The second-order valence-electron chi connectivity index (χ2n) is 5.28. The Morgan fingerprint density at radius 3 is 2.81 bits per heavy atom. The van der Waals surface area contributed by atoms with E-state index in [9.17, 15) is 0 Å². The van der Waals surface area contributed by atoms with E-state index in [1.54, 1.807) is 18.6 Å². The fraction of sp³-hybridized carbons (Fsp3) is 0.333. The van der Waals surface area contributed by atoms with Gasteiger partial charge >= 0.3 is 0 Å². The third-order valence-corrected chi connectivity index (χ3v) is 3.20. The van der Waals surface area contributed by atoms with Crippen LogP contribution in [0, 0.1) is 13.8 Å². The zero-order valence-electron chi connectivity index (χ0n) is 12.4. The Labute approximate surface area is 123 Å². The first-order chi connectivity index (χ1) is 10.1. The molecule has 1 N–H and O–H groups in total. The van der Waals surface area contributed by atoms with Gasteiger partial charge in [-0.1, -0.05) is 0 Å². The number of aryl methyl sites for hydroxylation is 2. The van der Waals surface area contributed by atoms with Crippen LogP contribution in [0.1, 0.15) is 24.0 Å². The summed E-state index contributed by atoms with van der Waals surface area (Å²) in [5.74, 6) is 0.946. The molecule has 0 aromatic carbocycles. The van der Waals surface area contributed by atoms with Gasteiger partial charge in [0, 0.05) is 48.9 Å². The first kappa shape index (κ1) is 13.5. The Morgan fingerprint density at radius 1 is 1.19 bits per heavy atom. The van der Waals surface area contributed by atoms with Crippen molar-refractivity contribution < 1.29 is 0 Å². The summed E-state index contributed by atoms with van der Waals surface area (Å²) < 4.78 is 1.84. The van der Waals surface area contributed by atoms with Crippen LogP contribution >= 0.6 is 0 Å². The molecular formula is C15H18N6. The number of hydrogen-bond donors (Lipinski definition) is 1. The largest absolute Gasteiger partial charge is 0.367 e. The van der Waals surface area contributed by atoms with Crippen LogP contribution in [0.4, 0.5) is 5.82 Å². The molecule has 21 heavy (non-hydrogen) atoms.